The molecule has 0 spiro atoms. The van der Waals surface area contributed by atoms with Crippen molar-refractivity contribution in [1.29, 1.82) is 0 Å². The van der Waals surface area contributed by atoms with Crippen LogP contribution in [0.15, 0.2) is 24.3 Å². The number of alkyl carbamates (subject to hydrolysis) is 1. The van der Waals surface area contributed by atoms with Crippen LogP contribution in [0.25, 0.3) is 0 Å². The lowest BCUT2D eigenvalue weighted by Crippen LogP contribution is -2.52. The molecule has 128 valence electrons. The fourth-order valence-electron chi connectivity index (χ4n) is 2.93. The molecule has 0 radical (unpaired) electrons. The van der Waals surface area contributed by atoms with E-state index < -0.39 is 5.60 Å². The summed E-state index contributed by atoms with van der Waals surface area (Å²) in [5.74, 6) is 0.274. The van der Waals surface area contributed by atoms with Crippen molar-refractivity contribution in [3.05, 3.63) is 29.8 Å². The summed E-state index contributed by atoms with van der Waals surface area (Å²) in [5, 5.41) is 15.8. The van der Waals surface area contributed by atoms with Gasteiger partial charge in [-0.25, -0.2) is 4.79 Å². The van der Waals surface area contributed by atoms with Gasteiger partial charge in [0, 0.05) is 18.6 Å². The maximum Gasteiger partial charge on any atom is 0.407 e. The highest BCUT2D eigenvalue weighted by atomic mass is 16.6. The summed E-state index contributed by atoms with van der Waals surface area (Å²) >= 11 is 0. The lowest BCUT2D eigenvalue weighted by molar-refractivity contribution is 0.0509. The number of carbonyl (C=O) groups excluding carboxylic acids is 1. The fraction of sp³-hybridized carbons (Fsp3) is 0.611. The zero-order valence-electron chi connectivity index (χ0n) is 14.3. The highest BCUT2D eigenvalue weighted by Crippen LogP contribution is 2.29. The molecule has 0 atom stereocenters. The Morgan fingerprint density at radius 2 is 1.83 bits per heavy atom. The maximum atomic E-state index is 11.9. The normalized spacial score (nSPS) is 17.0. The van der Waals surface area contributed by atoms with Gasteiger partial charge >= 0.3 is 6.09 Å². The van der Waals surface area contributed by atoms with Crippen LogP contribution >= 0.6 is 0 Å². The Kier molecular flexibility index (Phi) is 5.52. The minimum Gasteiger partial charge on any atom is -0.508 e. The summed E-state index contributed by atoms with van der Waals surface area (Å²) in [6.45, 7) is 6.87. The first-order chi connectivity index (χ1) is 10.8. The summed E-state index contributed by atoms with van der Waals surface area (Å²) in [4.78, 5) is 11.9. The van der Waals surface area contributed by atoms with Crippen LogP contribution in [0.5, 0.6) is 5.75 Å². The Hall–Kier alpha value is -1.75. The standard InChI is InChI=1S/C18H28N2O3/c1-17(2,3)23-16(22)19-13-18(10-4-5-11-18)20-12-14-6-8-15(21)9-7-14/h6-9,20-21H,4-5,10-13H2,1-3H3,(H,19,22). The van der Waals surface area contributed by atoms with Crippen molar-refractivity contribution >= 4 is 6.09 Å². The van der Waals surface area contributed by atoms with E-state index in [2.05, 4.69) is 10.6 Å². The minimum atomic E-state index is -0.480. The summed E-state index contributed by atoms with van der Waals surface area (Å²) in [6, 6.07) is 7.20. The quantitative estimate of drug-likeness (QED) is 0.778. The number of benzene rings is 1. The molecule has 23 heavy (non-hydrogen) atoms. The lowest BCUT2D eigenvalue weighted by Gasteiger charge is -2.31. The van der Waals surface area contributed by atoms with Gasteiger partial charge in [-0.15, -0.1) is 0 Å². The molecular formula is C18H28N2O3. The van der Waals surface area contributed by atoms with Crippen molar-refractivity contribution < 1.29 is 14.6 Å². The third-order valence-electron chi connectivity index (χ3n) is 4.13. The molecule has 1 saturated carbocycles. The molecule has 0 bridgehead atoms. The Labute approximate surface area is 138 Å². The number of rotatable bonds is 5. The average Bonchev–Trinajstić information content (AvgIpc) is 2.92. The number of carbonyl (C=O) groups is 1. The molecule has 0 saturated heterocycles. The molecular weight excluding hydrogens is 292 g/mol. The largest absolute Gasteiger partial charge is 0.508 e. The third kappa shape index (κ3) is 5.75. The Morgan fingerprint density at radius 1 is 1.22 bits per heavy atom. The van der Waals surface area contributed by atoms with E-state index in [0.29, 0.717) is 6.54 Å². The predicted molar refractivity (Wildman–Crippen MR) is 90.4 cm³/mol. The van der Waals surface area contributed by atoms with Crippen molar-refractivity contribution in [3.8, 4) is 5.75 Å². The molecule has 0 aliphatic heterocycles. The number of hydrogen-bond acceptors (Lipinski definition) is 4. The van der Waals surface area contributed by atoms with Gasteiger partial charge in [-0.3, -0.25) is 0 Å². The Morgan fingerprint density at radius 3 is 2.39 bits per heavy atom. The number of amides is 1. The molecule has 0 unspecified atom stereocenters. The number of hydrogen-bond donors (Lipinski definition) is 3. The Bertz CT molecular complexity index is 514. The minimum absolute atomic E-state index is 0.0746. The molecule has 0 heterocycles. The van der Waals surface area contributed by atoms with Crippen LogP contribution in [0.2, 0.25) is 0 Å². The number of nitrogens with one attached hydrogen (secondary N) is 2. The summed E-state index contributed by atoms with van der Waals surface area (Å²) < 4.78 is 5.31. The van der Waals surface area contributed by atoms with Crippen molar-refractivity contribution in [2.45, 2.75) is 64.1 Å². The summed E-state index contributed by atoms with van der Waals surface area (Å²) in [6.07, 6.45) is 4.05. The van der Waals surface area contributed by atoms with Gasteiger partial charge in [0.25, 0.3) is 0 Å². The molecule has 2 rings (SSSR count). The molecule has 5 heteroatoms. The van der Waals surface area contributed by atoms with Gasteiger partial charge < -0.3 is 20.5 Å². The second kappa shape index (κ2) is 7.21. The van der Waals surface area contributed by atoms with Crippen LogP contribution in [0.3, 0.4) is 0 Å². The van der Waals surface area contributed by atoms with Crippen LogP contribution in [-0.4, -0.2) is 28.9 Å². The van der Waals surface area contributed by atoms with Gasteiger partial charge in [0.05, 0.1) is 0 Å². The molecule has 1 amide bonds. The van der Waals surface area contributed by atoms with Crippen LogP contribution in [0.1, 0.15) is 52.0 Å². The smallest absolute Gasteiger partial charge is 0.407 e. The lowest BCUT2D eigenvalue weighted by atomic mass is 9.97. The topological polar surface area (TPSA) is 70.6 Å². The van der Waals surface area contributed by atoms with Crippen LogP contribution in [-0.2, 0) is 11.3 Å². The molecule has 1 aromatic carbocycles. The van der Waals surface area contributed by atoms with Gasteiger partial charge in [-0.1, -0.05) is 25.0 Å². The highest BCUT2D eigenvalue weighted by Gasteiger charge is 2.34. The van der Waals surface area contributed by atoms with E-state index in [0.717, 1.165) is 24.9 Å². The van der Waals surface area contributed by atoms with Crippen LogP contribution in [0.4, 0.5) is 4.79 Å². The monoisotopic (exact) mass is 320 g/mol. The van der Waals surface area contributed by atoms with Gasteiger partial charge in [0.2, 0.25) is 0 Å². The van der Waals surface area contributed by atoms with Gasteiger partial charge in [0.15, 0.2) is 0 Å². The molecule has 1 aliphatic rings. The van der Waals surface area contributed by atoms with E-state index in [9.17, 15) is 9.90 Å². The molecule has 1 aromatic rings. The zero-order valence-corrected chi connectivity index (χ0v) is 14.3. The second-order valence-electron chi connectivity index (χ2n) is 7.36. The van der Waals surface area contributed by atoms with Crippen molar-refractivity contribution in [1.82, 2.24) is 10.6 Å². The van der Waals surface area contributed by atoms with Crippen molar-refractivity contribution in [2.75, 3.05) is 6.54 Å². The number of aromatic hydroxyl groups is 1. The molecule has 5 nitrogen and oxygen atoms in total. The average molecular weight is 320 g/mol. The number of phenolic OH excluding ortho intramolecular Hbond substituents is 1. The Balaban J connectivity index is 1.88. The van der Waals surface area contributed by atoms with Gasteiger partial charge in [-0.2, -0.15) is 0 Å². The van der Waals surface area contributed by atoms with E-state index in [1.165, 1.54) is 12.8 Å². The van der Waals surface area contributed by atoms with Gasteiger partial charge in [-0.05, 0) is 51.3 Å². The fourth-order valence-corrected chi connectivity index (χ4v) is 2.93. The summed E-state index contributed by atoms with van der Waals surface area (Å²) in [5.41, 5.74) is 0.563. The molecule has 3 N–H and O–H groups in total. The summed E-state index contributed by atoms with van der Waals surface area (Å²) in [7, 11) is 0. The SMILES string of the molecule is CC(C)(C)OC(=O)NCC1(NCc2ccc(O)cc2)CCCC1. The molecule has 1 aliphatic carbocycles. The van der Waals surface area contributed by atoms with Crippen LogP contribution < -0.4 is 10.6 Å². The maximum absolute atomic E-state index is 11.9. The predicted octanol–water partition coefficient (Wildman–Crippen LogP) is 3.32. The van der Waals surface area contributed by atoms with E-state index >= 15 is 0 Å². The highest BCUT2D eigenvalue weighted by molar-refractivity contribution is 5.67. The van der Waals surface area contributed by atoms with E-state index in [1.807, 2.05) is 32.9 Å². The number of ether oxygens (including phenoxy) is 1. The van der Waals surface area contributed by atoms with E-state index in [4.69, 9.17) is 4.74 Å². The van der Waals surface area contributed by atoms with Crippen LogP contribution in [0, 0.1) is 0 Å². The van der Waals surface area contributed by atoms with E-state index in [1.54, 1.807) is 12.1 Å². The van der Waals surface area contributed by atoms with Crippen molar-refractivity contribution in [3.63, 3.8) is 0 Å². The van der Waals surface area contributed by atoms with E-state index in [-0.39, 0.29) is 17.4 Å². The first kappa shape index (κ1) is 17.6. The van der Waals surface area contributed by atoms with Gasteiger partial charge in [0.1, 0.15) is 11.4 Å². The first-order valence-electron chi connectivity index (χ1n) is 8.28. The molecule has 1 fully saturated rings. The molecule has 0 aromatic heterocycles. The third-order valence-corrected chi connectivity index (χ3v) is 4.13. The van der Waals surface area contributed by atoms with Crippen molar-refractivity contribution in [2.24, 2.45) is 0 Å². The zero-order chi connectivity index (χ0) is 16.9. The first-order valence-corrected chi connectivity index (χ1v) is 8.28. The number of phenols is 1. The second-order valence-corrected chi connectivity index (χ2v) is 7.36.